The van der Waals surface area contributed by atoms with Crippen molar-refractivity contribution in [3.8, 4) is 0 Å². The SMILES string of the molecule is CCN(CC)c1ccc(C=CC2=CC(C=Cc3ccc(N(C)C)cc3)N(c3ccccc3)N2)cc1. The summed E-state index contributed by atoms with van der Waals surface area (Å²) in [6.07, 6.45) is 11.0. The van der Waals surface area contributed by atoms with Crippen molar-refractivity contribution in [2.75, 3.05) is 42.0 Å². The molecule has 0 aromatic heterocycles. The van der Waals surface area contributed by atoms with Gasteiger partial charge in [-0.15, -0.1) is 0 Å². The van der Waals surface area contributed by atoms with Gasteiger partial charge in [-0.05, 0) is 73.5 Å². The van der Waals surface area contributed by atoms with E-state index in [2.05, 4.69) is 151 Å². The molecule has 4 heteroatoms. The Kier molecular flexibility index (Phi) is 7.94. The van der Waals surface area contributed by atoms with Crippen molar-refractivity contribution in [1.29, 1.82) is 0 Å². The molecule has 1 N–H and O–H groups in total. The molecule has 180 valence electrons. The van der Waals surface area contributed by atoms with Gasteiger partial charge in [0.15, 0.2) is 0 Å². The molecule has 3 aromatic rings. The summed E-state index contributed by atoms with van der Waals surface area (Å²) in [5.74, 6) is 0. The van der Waals surface area contributed by atoms with Crippen LogP contribution in [0, 0.1) is 0 Å². The van der Waals surface area contributed by atoms with Crippen molar-refractivity contribution >= 4 is 29.2 Å². The van der Waals surface area contributed by atoms with Crippen LogP contribution in [0.25, 0.3) is 12.2 Å². The van der Waals surface area contributed by atoms with E-state index < -0.39 is 0 Å². The molecule has 1 aliphatic rings. The van der Waals surface area contributed by atoms with E-state index in [9.17, 15) is 0 Å². The zero-order valence-electron chi connectivity index (χ0n) is 21.2. The molecule has 0 aliphatic carbocycles. The summed E-state index contributed by atoms with van der Waals surface area (Å²) in [6, 6.07) is 28.0. The Morgan fingerprint density at radius 3 is 1.94 bits per heavy atom. The lowest BCUT2D eigenvalue weighted by Crippen LogP contribution is -2.37. The third kappa shape index (κ3) is 6.15. The van der Waals surface area contributed by atoms with Gasteiger partial charge in [0.25, 0.3) is 0 Å². The van der Waals surface area contributed by atoms with Crippen LogP contribution in [0.15, 0.2) is 103 Å². The van der Waals surface area contributed by atoms with E-state index in [0.29, 0.717) is 0 Å². The Balaban J connectivity index is 1.52. The normalized spacial score (nSPS) is 15.5. The van der Waals surface area contributed by atoms with E-state index in [1.165, 1.54) is 22.5 Å². The molecule has 0 saturated heterocycles. The van der Waals surface area contributed by atoms with Crippen LogP contribution in [0.3, 0.4) is 0 Å². The molecule has 3 aromatic carbocycles. The molecule has 1 aliphatic heterocycles. The lowest BCUT2D eigenvalue weighted by Gasteiger charge is -2.25. The summed E-state index contributed by atoms with van der Waals surface area (Å²) >= 11 is 0. The van der Waals surface area contributed by atoms with Gasteiger partial charge in [-0.3, -0.25) is 10.4 Å². The largest absolute Gasteiger partial charge is 0.378 e. The third-order valence-electron chi connectivity index (χ3n) is 6.30. The summed E-state index contributed by atoms with van der Waals surface area (Å²) in [5, 5.41) is 2.20. The van der Waals surface area contributed by atoms with Crippen molar-refractivity contribution in [3.63, 3.8) is 0 Å². The molecule has 4 nitrogen and oxygen atoms in total. The highest BCUT2D eigenvalue weighted by atomic mass is 15.5. The second-order valence-electron chi connectivity index (χ2n) is 8.87. The van der Waals surface area contributed by atoms with Crippen molar-refractivity contribution in [3.05, 3.63) is 114 Å². The number of rotatable bonds is 9. The number of nitrogens with zero attached hydrogens (tertiary/aromatic N) is 3. The van der Waals surface area contributed by atoms with Crippen LogP contribution in [-0.2, 0) is 0 Å². The highest BCUT2D eigenvalue weighted by molar-refractivity contribution is 5.62. The van der Waals surface area contributed by atoms with Crippen LogP contribution in [0.2, 0.25) is 0 Å². The van der Waals surface area contributed by atoms with E-state index in [-0.39, 0.29) is 6.04 Å². The quantitative estimate of drug-likeness (QED) is 0.385. The Morgan fingerprint density at radius 1 is 0.743 bits per heavy atom. The lowest BCUT2D eigenvalue weighted by molar-refractivity contribution is 0.758. The molecule has 0 bridgehead atoms. The zero-order chi connectivity index (χ0) is 24.6. The average Bonchev–Trinajstić information content (AvgIpc) is 3.31. The molecule has 1 heterocycles. The van der Waals surface area contributed by atoms with E-state index in [0.717, 1.165) is 24.5 Å². The first-order valence-corrected chi connectivity index (χ1v) is 12.4. The summed E-state index contributed by atoms with van der Waals surface area (Å²) < 4.78 is 0. The van der Waals surface area contributed by atoms with Gasteiger partial charge in [-0.2, -0.15) is 0 Å². The van der Waals surface area contributed by atoms with Crippen molar-refractivity contribution in [1.82, 2.24) is 5.43 Å². The monoisotopic (exact) mass is 464 g/mol. The maximum Gasteiger partial charge on any atom is 0.0892 e. The molecule has 0 amide bonds. The first kappa shape index (κ1) is 24.2. The van der Waals surface area contributed by atoms with Crippen LogP contribution in [0.4, 0.5) is 17.1 Å². The predicted molar refractivity (Wildman–Crippen MR) is 153 cm³/mol. The number of nitrogens with one attached hydrogen (secondary N) is 1. The van der Waals surface area contributed by atoms with E-state index >= 15 is 0 Å². The third-order valence-corrected chi connectivity index (χ3v) is 6.30. The number of hydrogen-bond acceptors (Lipinski definition) is 4. The van der Waals surface area contributed by atoms with Crippen molar-refractivity contribution in [2.45, 2.75) is 19.9 Å². The maximum atomic E-state index is 3.58. The molecule has 1 atom stereocenters. The van der Waals surface area contributed by atoms with Gasteiger partial charge in [0, 0.05) is 38.6 Å². The molecule has 0 spiro atoms. The Labute approximate surface area is 210 Å². The van der Waals surface area contributed by atoms with Crippen molar-refractivity contribution in [2.24, 2.45) is 0 Å². The van der Waals surface area contributed by atoms with Gasteiger partial charge in [-0.1, -0.05) is 60.7 Å². The smallest absolute Gasteiger partial charge is 0.0892 e. The molecule has 1 unspecified atom stereocenters. The van der Waals surface area contributed by atoms with E-state index in [1.54, 1.807) is 0 Å². The summed E-state index contributed by atoms with van der Waals surface area (Å²) in [4.78, 5) is 4.47. The number of para-hydroxylation sites is 1. The Morgan fingerprint density at radius 2 is 1.34 bits per heavy atom. The van der Waals surface area contributed by atoms with Crippen LogP contribution in [0.5, 0.6) is 0 Å². The van der Waals surface area contributed by atoms with Crippen molar-refractivity contribution < 1.29 is 0 Å². The number of anilines is 3. The molecule has 4 rings (SSSR count). The van der Waals surface area contributed by atoms with E-state index in [4.69, 9.17) is 0 Å². The fourth-order valence-corrected chi connectivity index (χ4v) is 4.23. The standard InChI is InChI=1S/C31H36N4/c1-5-34(6-2)29-21-15-25(16-22-29)12-18-27-24-31(35(32-27)30-10-8-7-9-11-30)23-17-26-13-19-28(20-14-26)33(3)4/h7-24,31-32H,5-6H2,1-4H3. The minimum atomic E-state index is 0.107. The lowest BCUT2D eigenvalue weighted by atomic mass is 10.1. The summed E-state index contributed by atoms with van der Waals surface area (Å²) in [5.41, 5.74) is 10.6. The molecule has 0 fully saturated rings. The maximum absolute atomic E-state index is 3.58. The van der Waals surface area contributed by atoms with Gasteiger partial charge in [0.2, 0.25) is 0 Å². The highest BCUT2D eigenvalue weighted by Crippen LogP contribution is 2.24. The van der Waals surface area contributed by atoms with Crippen LogP contribution < -0.4 is 20.2 Å². The Hall–Kier alpha value is -3.92. The minimum absolute atomic E-state index is 0.107. The molecule has 0 saturated carbocycles. The van der Waals surface area contributed by atoms with Gasteiger partial charge in [0.05, 0.1) is 17.4 Å². The first-order valence-electron chi connectivity index (χ1n) is 12.4. The second-order valence-corrected chi connectivity index (χ2v) is 8.87. The average molecular weight is 465 g/mol. The highest BCUT2D eigenvalue weighted by Gasteiger charge is 2.21. The summed E-state index contributed by atoms with van der Waals surface area (Å²) in [6.45, 7) is 6.43. The summed E-state index contributed by atoms with van der Waals surface area (Å²) in [7, 11) is 4.12. The Bertz CT molecular complexity index is 1150. The second kappa shape index (κ2) is 11.5. The van der Waals surface area contributed by atoms with Crippen LogP contribution >= 0.6 is 0 Å². The molecular formula is C31H36N4. The fourth-order valence-electron chi connectivity index (χ4n) is 4.23. The molecule has 0 radical (unpaired) electrons. The number of allylic oxidation sites excluding steroid dienone is 1. The van der Waals surface area contributed by atoms with E-state index in [1.807, 2.05) is 6.07 Å². The topological polar surface area (TPSA) is 21.8 Å². The van der Waals surface area contributed by atoms with Crippen LogP contribution in [0.1, 0.15) is 25.0 Å². The van der Waals surface area contributed by atoms with Gasteiger partial charge >= 0.3 is 0 Å². The number of hydrazine groups is 1. The van der Waals surface area contributed by atoms with Crippen LogP contribution in [-0.4, -0.2) is 33.2 Å². The predicted octanol–water partition coefficient (Wildman–Crippen LogP) is 6.60. The molecule has 35 heavy (non-hydrogen) atoms. The zero-order valence-corrected chi connectivity index (χ0v) is 21.2. The number of hydrogen-bond donors (Lipinski definition) is 1. The van der Waals surface area contributed by atoms with Gasteiger partial charge in [-0.25, -0.2) is 0 Å². The van der Waals surface area contributed by atoms with Gasteiger partial charge < -0.3 is 9.80 Å². The minimum Gasteiger partial charge on any atom is -0.378 e. The fraction of sp³-hybridized carbons (Fsp3) is 0.226. The molecular weight excluding hydrogens is 428 g/mol. The van der Waals surface area contributed by atoms with Gasteiger partial charge in [0.1, 0.15) is 0 Å². The first-order chi connectivity index (χ1) is 17.1. The number of benzene rings is 3.